The predicted molar refractivity (Wildman–Crippen MR) is 88.0 cm³/mol. The first-order chi connectivity index (χ1) is 13.3. The van der Waals surface area contributed by atoms with Crippen LogP contribution in [0.25, 0.3) is 0 Å². The summed E-state index contributed by atoms with van der Waals surface area (Å²) < 4.78 is 21.0. The van der Waals surface area contributed by atoms with Crippen LogP contribution in [-0.2, 0) is 23.7 Å². The van der Waals surface area contributed by atoms with Crippen LogP contribution < -0.4 is 0 Å². The maximum Gasteiger partial charge on any atom is 0.337 e. The number of hydrogen-bond donors (Lipinski definition) is 6. The summed E-state index contributed by atoms with van der Waals surface area (Å²) in [7, 11) is 1.19. The molecule has 0 aromatic rings. The lowest BCUT2D eigenvalue weighted by atomic mass is 9.79. The van der Waals surface area contributed by atoms with Gasteiger partial charge in [0.05, 0.1) is 38.1 Å². The molecule has 0 amide bonds. The number of methoxy groups -OCH3 is 1. The molecule has 6 N–H and O–H groups in total. The second-order valence-electron chi connectivity index (χ2n) is 6.96. The highest BCUT2D eigenvalue weighted by Gasteiger charge is 2.55. The lowest BCUT2D eigenvalue weighted by Gasteiger charge is -2.44. The zero-order valence-corrected chi connectivity index (χ0v) is 15.0. The van der Waals surface area contributed by atoms with Gasteiger partial charge in [0, 0.05) is 5.92 Å². The molecule has 0 aromatic carbocycles. The molecule has 11 heteroatoms. The maximum absolute atomic E-state index is 12.0. The van der Waals surface area contributed by atoms with Crippen LogP contribution in [0.2, 0.25) is 0 Å². The first kappa shape index (κ1) is 21.1. The molecule has 0 unspecified atom stereocenters. The summed E-state index contributed by atoms with van der Waals surface area (Å²) in [4.78, 5) is 12.0. The van der Waals surface area contributed by atoms with Crippen LogP contribution in [0, 0.1) is 11.8 Å². The van der Waals surface area contributed by atoms with E-state index in [1.54, 1.807) is 0 Å². The summed E-state index contributed by atoms with van der Waals surface area (Å²) in [5, 5.41) is 59.5. The Labute approximate surface area is 160 Å². The van der Waals surface area contributed by atoms with E-state index < -0.39 is 73.6 Å². The Kier molecular flexibility index (Phi) is 6.08. The average molecular weight is 404 g/mol. The van der Waals surface area contributed by atoms with Gasteiger partial charge in [-0.25, -0.2) is 4.79 Å². The fourth-order valence-electron chi connectivity index (χ4n) is 3.71. The van der Waals surface area contributed by atoms with E-state index in [9.17, 15) is 35.4 Å². The first-order valence-corrected chi connectivity index (χ1v) is 8.69. The van der Waals surface area contributed by atoms with Crippen molar-refractivity contribution in [3.8, 4) is 0 Å². The fraction of sp³-hybridized carbons (Fsp3) is 0.706. The molecule has 158 valence electrons. The molecular weight excluding hydrogens is 380 g/mol. The molecule has 11 nitrogen and oxygen atoms in total. The minimum Gasteiger partial charge on any atom is -0.471 e. The van der Waals surface area contributed by atoms with Gasteiger partial charge in [-0.3, -0.25) is 0 Å². The number of hydrogen-bond acceptors (Lipinski definition) is 11. The minimum absolute atomic E-state index is 0.0989. The van der Waals surface area contributed by atoms with Crippen molar-refractivity contribution in [2.45, 2.75) is 42.6 Å². The molecule has 1 saturated heterocycles. The van der Waals surface area contributed by atoms with Crippen molar-refractivity contribution >= 4 is 5.97 Å². The number of rotatable bonds is 5. The van der Waals surface area contributed by atoms with Gasteiger partial charge in [-0.15, -0.1) is 0 Å². The van der Waals surface area contributed by atoms with Crippen molar-refractivity contribution in [1.29, 1.82) is 0 Å². The number of aliphatic hydroxyl groups is 6. The molecule has 1 fully saturated rings. The zero-order chi connectivity index (χ0) is 20.6. The Morgan fingerprint density at radius 2 is 1.89 bits per heavy atom. The summed E-state index contributed by atoms with van der Waals surface area (Å²) >= 11 is 0. The first-order valence-electron chi connectivity index (χ1n) is 8.69. The quantitative estimate of drug-likeness (QED) is 0.200. The summed E-state index contributed by atoms with van der Waals surface area (Å²) in [5.74, 6) is -2.40. The highest BCUT2D eigenvalue weighted by molar-refractivity contribution is 5.89. The van der Waals surface area contributed by atoms with Crippen LogP contribution in [0.4, 0.5) is 0 Å². The highest BCUT2D eigenvalue weighted by Crippen LogP contribution is 2.45. The second-order valence-corrected chi connectivity index (χ2v) is 6.96. The van der Waals surface area contributed by atoms with E-state index in [0.717, 1.165) is 6.26 Å². The van der Waals surface area contributed by atoms with Gasteiger partial charge < -0.3 is 49.6 Å². The number of carbonyl (C=O) groups excluding carboxylic acids is 1. The number of ether oxygens (including phenoxy) is 4. The Hall–Kier alpha value is -1.57. The van der Waals surface area contributed by atoms with E-state index >= 15 is 0 Å². The third kappa shape index (κ3) is 3.44. The lowest BCUT2D eigenvalue weighted by molar-refractivity contribution is -0.346. The molecule has 9 atom stereocenters. The van der Waals surface area contributed by atoms with Crippen LogP contribution >= 0.6 is 0 Å². The SMILES string of the molecule is COC(=O)C1=CO[C@@H](O[C@@H]2O[C@@H](CO)[C@@H](O)[C@@H](O)[C@@H]2O)[C@@H]2[C@@H]1C=C[C@@]2(O)CO. The smallest absolute Gasteiger partial charge is 0.337 e. The molecule has 2 aliphatic heterocycles. The van der Waals surface area contributed by atoms with Crippen molar-refractivity contribution in [3.05, 3.63) is 24.0 Å². The summed E-state index contributed by atoms with van der Waals surface area (Å²) in [6, 6.07) is 0. The summed E-state index contributed by atoms with van der Waals surface area (Å²) in [6.45, 7) is -1.34. The van der Waals surface area contributed by atoms with Crippen LogP contribution in [0.15, 0.2) is 24.0 Å². The Morgan fingerprint density at radius 1 is 1.18 bits per heavy atom. The predicted octanol–water partition coefficient (Wildman–Crippen LogP) is -3.26. The van der Waals surface area contributed by atoms with Gasteiger partial charge in [-0.1, -0.05) is 12.2 Å². The van der Waals surface area contributed by atoms with E-state index in [-0.39, 0.29) is 5.57 Å². The number of esters is 1. The van der Waals surface area contributed by atoms with Crippen LogP contribution in [0.1, 0.15) is 0 Å². The molecule has 0 spiro atoms. The number of aliphatic hydroxyl groups excluding tert-OH is 5. The van der Waals surface area contributed by atoms with Crippen molar-refractivity contribution in [2.75, 3.05) is 20.3 Å². The average Bonchev–Trinajstić information content (AvgIpc) is 3.06. The van der Waals surface area contributed by atoms with Crippen molar-refractivity contribution in [2.24, 2.45) is 11.8 Å². The lowest BCUT2D eigenvalue weighted by Crippen LogP contribution is -2.61. The van der Waals surface area contributed by atoms with Gasteiger partial charge in [0.15, 0.2) is 6.29 Å². The summed E-state index contributed by atoms with van der Waals surface area (Å²) in [6.07, 6.45) is -4.99. The van der Waals surface area contributed by atoms with Gasteiger partial charge in [-0.05, 0) is 0 Å². The fourth-order valence-corrected chi connectivity index (χ4v) is 3.71. The van der Waals surface area contributed by atoms with Crippen molar-refractivity contribution < 1.29 is 54.4 Å². The number of allylic oxidation sites excluding steroid dienone is 1. The molecule has 3 rings (SSSR count). The van der Waals surface area contributed by atoms with Crippen LogP contribution in [0.3, 0.4) is 0 Å². The topological polar surface area (TPSA) is 175 Å². The van der Waals surface area contributed by atoms with E-state index in [2.05, 4.69) is 0 Å². The molecule has 28 heavy (non-hydrogen) atoms. The van der Waals surface area contributed by atoms with Crippen LogP contribution in [-0.4, -0.2) is 99.5 Å². The van der Waals surface area contributed by atoms with E-state index in [1.165, 1.54) is 19.3 Å². The number of fused-ring (bicyclic) bond motifs is 1. The van der Waals surface area contributed by atoms with Gasteiger partial charge in [-0.2, -0.15) is 0 Å². The Bertz CT molecular complexity index is 647. The van der Waals surface area contributed by atoms with Gasteiger partial charge in [0.1, 0.15) is 30.0 Å². The minimum atomic E-state index is -1.79. The third-order valence-electron chi connectivity index (χ3n) is 5.33. The monoisotopic (exact) mass is 404 g/mol. The molecule has 0 aromatic heterocycles. The maximum atomic E-state index is 12.0. The second kappa shape index (κ2) is 8.05. The molecule has 1 aliphatic carbocycles. The van der Waals surface area contributed by atoms with Gasteiger partial charge in [0.25, 0.3) is 0 Å². The highest BCUT2D eigenvalue weighted by atomic mass is 16.8. The zero-order valence-electron chi connectivity index (χ0n) is 15.0. The normalized spacial score (nSPS) is 45.2. The van der Waals surface area contributed by atoms with Crippen LogP contribution in [0.5, 0.6) is 0 Å². The summed E-state index contributed by atoms with van der Waals surface area (Å²) in [5.41, 5.74) is -1.70. The van der Waals surface area contributed by atoms with Crippen molar-refractivity contribution in [3.63, 3.8) is 0 Å². The molecule has 2 heterocycles. The van der Waals surface area contributed by atoms with E-state index in [1.807, 2.05) is 0 Å². The molecule has 0 radical (unpaired) electrons. The molecule has 0 saturated carbocycles. The van der Waals surface area contributed by atoms with Gasteiger partial charge in [0.2, 0.25) is 6.29 Å². The third-order valence-corrected chi connectivity index (χ3v) is 5.33. The number of carbonyl (C=O) groups is 1. The van der Waals surface area contributed by atoms with Crippen molar-refractivity contribution in [1.82, 2.24) is 0 Å². The van der Waals surface area contributed by atoms with E-state index in [4.69, 9.17) is 18.9 Å². The van der Waals surface area contributed by atoms with Gasteiger partial charge >= 0.3 is 5.97 Å². The standard InChI is InChI=1S/C17H24O11/c1-25-14(23)8-5-26-15(10-7(8)2-3-17(10,24)6-19)28-16-13(22)12(21)11(20)9(4-18)27-16/h2-3,5,7,9-13,15-16,18-22,24H,4,6H2,1H3/t7-,9+,10+,11-,12-,13+,15+,16+,17-/m1/s1. The molecule has 3 aliphatic rings. The molecule has 0 bridgehead atoms. The largest absolute Gasteiger partial charge is 0.471 e. The Balaban J connectivity index is 1.85. The van der Waals surface area contributed by atoms with E-state index in [0.29, 0.717) is 0 Å². The Morgan fingerprint density at radius 3 is 2.50 bits per heavy atom. The molecular formula is C17H24O11.